The lowest BCUT2D eigenvalue weighted by Crippen LogP contribution is -2.37. The number of aryl methyl sites for hydroxylation is 1. The van der Waals surface area contributed by atoms with Gasteiger partial charge in [-0.25, -0.2) is 8.42 Å². The van der Waals surface area contributed by atoms with E-state index in [-0.39, 0.29) is 21.2 Å². The molecule has 166 valence electrons. The average molecular weight is 475 g/mol. The van der Waals surface area contributed by atoms with Crippen LogP contribution in [-0.4, -0.2) is 25.9 Å². The van der Waals surface area contributed by atoms with Gasteiger partial charge in [-0.3, -0.25) is 14.9 Å². The summed E-state index contributed by atoms with van der Waals surface area (Å²) in [7, 11) is -4.35. The van der Waals surface area contributed by atoms with E-state index in [1.165, 1.54) is 48.5 Å². The molecule has 0 bridgehead atoms. The lowest BCUT2D eigenvalue weighted by molar-refractivity contribution is -0.384. The third-order valence-electron chi connectivity index (χ3n) is 4.52. The zero-order chi connectivity index (χ0) is 23.5. The zero-order valence-electron chi connectivity index (χ0n) is 17.2. The van der Waals surface area contributed by atoms with Gasteiger partial charge < -0.3 is 4.74 Å². The first-order chi connectivity index (χ1) is 15.1. The summed E-state index contributed by atoms with van der Waals surface area (Å²) in [5.74, 6) is -0.465. The number of rotatable bonds is 7. The van der Waals surface area contributed by atoms with Crippen molar-refractivity contribution in [3.63, 3.8) is 0 Å². The van der Waals surface area contributed by atoms with Gasteiger partial charge in [0.15, 0.2) is 0 Å². The predicted octanol–water partition coefficient (Wildman–Crippen LogP) is 4.99. The Balaban J connectivity index is 2.16. The standard InChI is InChI=1S/C22H19ClN2O6S/c1-3-31-18-9-7-17(8-10-18)24(32(29,30)19-11-4-15(2)5-12-19)22(26)16-6-13-20(23)21(14-16)25(27)28/h4-14H,3H2,1-2H3. The number of benzene rings is 3. The number of amides is 1. The first-order valence-electron chi connectivity index (χ1n) is 9.48. The maximum atomic E-state index is 13.5. The molecule has 0 aliphatic carbocycles. The summed E-state index contributed by atoms with van der Waals surface area (Å²) in [6.07, 6.45) is 0. The summed E-state index contributed by atoms with van der Waals surface area (Å²) in [6.45, 7) is 4.02. The van der Waals surface area contributed by atoms with Gasteiger partial charge in [0, 0.05) is 11.6 Å². The Hall–Kier alpha value is -3.43. The molecule has 0 atom stereocenters. The molecule has 32 heavy (non-hydrogen) atoms. The molecule has 3 aromatic rings. The molecular weight excluding hydrogens is 456 g/mol. The average Bonchev–Trinajstić information content (AvgIpc) is 2.75. The Morgan fingerprint density at radius 1 is 1.06 bits per heavy atom. The third kappa shape index (κ3) is 4.74. The topological polar surface area (TPSA) is 107 Å². The van der Waals surface area contributed by atoms with Crippen LogP contribution < -0.4 is 9.04 Å². The van der Waals surface area contributed by atoms with E-state index in [4.69, 9.17) is 16.3 Å². The predicted molar refractivity (Wildman–Crippen MR) is 121 cm³/mol. The number of ether oxygens (including phenoxy) is 1. The van der Waals surface area contributed by atoms with E-state index >= 15 is 0 Å². The van der Waals surface area contributed by atoms with Crippen molar-refractivity contribution in [1.82, 2.24) is 0 Å². The SMILES string of the molecule is CCOc1ccc(N(C(=O)c2ccc(Cl)c([N+](=O)[O-])c2)S(=O)(=O)c2ccc(C)cc2)cc1. The fourth-order valence-corrected chi connectivity index (χ4v) is 4.53. The minimum atomic E-state index is -4.35. The second kappa shape index (κ2) is 9.37. The fraction of sp³-hybridized carbons (Fsp3) is 0.136. The molecule has 3 rings (SSSR count). The van der Waals surface area contributed by atoms with Crippen LogP contribution in [0, 0.1) is 17.0 Å². The van der Waals surface area contributed by atoms with E-state index in [1.54, 1.807) is 26.0 Å². The van der Waals surface area contributed by atoms with Crippen molar-refractivity contribution in [2.75, 3.05) is 10.9 Å². The molecular formula is C22H19ClN2O6S. The quantitative estimate of drug-likeness (QED) is 0.352. The molecule has 0 aromatic heterocycles. The highest BCUT2D eigenvalue weighted by Crippen LogP contribution is 2.31. The molecule has 0 fully saturated rings. The van der Waals surface area contributed by atoms with Crippen molar-refractivity contribution < 1.29 is 22.9 Å². The molecule has 0 N–H and O–H groups in total. The molecule has 0 spiro atoms. The Morgan fingerprint density at radius 3 is 2.25 bits per heavy atom. The van der Waals surface area contributed by atoms with Crippen molar-refractivity contribution in [2.45, 2.75) is 18.7 Å². The van der Waals surface area contributed by atoms with Crippen LogP contribution in [-0.2, 0) is 10.0 Å². The van der Waals surface area contributed by atoms with Crippen LogP contribution >= 0.6 is 11.6 Å². The van der Waals surface area contributed by atoms with E-state index in [9.17, 15) is 23.3 Å². The van der Waals surface area contributed by atoms with Crippen molar-refractivity contribution in [3.05, 3.63) is 93.0 Å². The maximum absolute atomic E-state index is 13.5. The highest BCUT2D eigenvalue weighted by Gasteiger charge is 2.33. The number of carbonyl (C=O) groups is 1. The fourth-order valence-electron chi connectivity index (χ4n) is 2.93. The second-order valence-electron chi connectivity index (χ2n) is 6.74. The summed E-state index contributed by atoms with van der Waals surface area (Å²) in [6, 6.07) is 15.3. The largest absolute Gasteiger partial charge is 0.494 e. The van der Waals surface area contributed by atoms with E-state index in [1.807, 2.05) is 0 Å². The number of nitrogens with zero attached hydrogens (tertiary/aromatic N) is 2. The van der Waals surface area contributed by atoms with Gasteiger partial charge in [0.25, 0.3) is 21.6 Å². The summed E-state index contributed by atoms with van der Waals surface area (Å²) in [5, 5.41) is 11.1. The highest BCUT2D eigenvalue weighted by atomic mass is 35.5. The molecule has 8 nitrogen and oxygen atoms in total. The van der Waals surface area contributed by atoms with Crippen LogP contribution in [0.5, 0.6) is 5.75 Å². The molecule has 0 aliphatic rings. The van der Waals surface area contributed by atoms with Crippen LogP contribution in [0.3, 0.4) is 0 Å². The number of anilines is 1. The van der Waals surface area contributed by atoms with Gasteiger partial charge in [0.2, 0.25) is 0 Å². The van der Waals surface area contributed by atoms with Crippen molar-refractivity contribution in [3.8, 4) is 5.75 Å². The first kappa shape index (κ1) is 23.2. The number of hydrogen-bond donors (Lipinski definition) is 0. The Morgan fingerprint density at radius 2 is 1.69 bits per heavy atom. The van der Waals surface area contributed by atoms with Crippen LogP contribution in [0.15, 0.2) is 71.6 Å². The number of carbonyl (C=O) groups excluding carboxylic acids is 1. The smallest absolute Gasteiger partial charge is 0.288 e. The van der Waals surface area contributed by atoms with Crippen LogP contribution in [0.2, 0.25) is 5.02 Å². The minimum Gasteiger partial charge on any atom is -0.494 e. The third-order valence-corrected chi connectivity index (χ3v) is 6.56. The zero-order valence-corrected chi connectivity index (χ0v) is 18.8. The minimum absolute atomic E-state index is 0.0524. The molecule has 10 heteroatoms. The Kier molecular flexibility index (Phi) is 6.81. The molecule has 0 unspecified atom stereocenters. The molecule has 0 radical (unpaired) electrons. The second-order valence-corrected chi connectivity index (χ2v) is 8.93. The first-order valence-corrected chi connectivity index (χ1v) is 11.3. The van der Waals surface area contributed by atoms with Gasteiger partial charge in [-0.15, -0.1) is 0 Å². The van der Waals surface area contributed by atoms with Crippen molar-refractivity contribution in [2.24, 2.45) is 0 Å². The Bertz CT molecular complexity index is 1260. The van der Waals surface area contributed by atoms with Gasteiger partial charge in [0.05, 0.1) is 22.1 Å². The lowest BCUT2D eigenvalue weighted by Gasteiger charge is -2.23. The van der Waals surface area contributed by atoms with Crippen LogP contribution in [0.4, 0.5) is 11.4 Å². The van der Waals surface area contributed by atoms with Gasteiger partial charge in [-0.05, 0) is 62.4 Å². The number of nitro benzene ring substituents is 1. The summed E-state index contributed by atoms with van der Waals surface area (Å²) < 4.78 is 32.9. The number of halogens is 1. The molecule has 0 saturated carbocycles. The van der Waals surface area contributed by atoms with Gasteiger partial charge in [-0.2, -0.15) is 4.31 Å². The van der Waals surface area contributed by atoms with E-state index in [0.29, 0.717) is 16.7 Å². The number of nitro groups is 1. The van der Waals surface area contributed by atoms with E-state index in [0.717, 1.165) is 11.6 Å². The lowest BCUT2D eigenvalue weighted by atomic mass is 10.2. The molecule has 0 saturated heterocycles. The van der Waals surface area contributed by atoms with Crippen molar-refractivity contribution in [1.29, 1.82) is 0 Å². The number of hydrogen-bond acceptors (Lipinski definition) is 6. The molecule has 0 aliphatic heterocycles. The molecule has 3 aromatic carbocycles. The summed E-state index contributed by atoms with van der Waals surface area (Å²) in [4.78, 5) is 23.8. The normalized spacial score (nSPS) is 11.1. The van der Waals surface area contributed by atoms with Gasteiger partial charge >= 0.3 is 0 Å². The van der Waals surface area contributed by atoms with Crippen LogP contribution in [0.1, 0.15) is 22.8 Å². The Labute approximate surface area is 190 Å². The van der Waals surface area contributed by atoms with Crippen LogP contribution in [0.25, 0.3) is 0 Å². The maximum Gasteiger partial charge on any atom is 0.288 e. The van der Waals surface area contributed by atoms with E-state index < -0.39 is 26.5 Å². The molecule has 0 heterocycles. The van der Waals surface area contributed by atoms with Crippen molar-refractivity contribution >= 4 is 38.9 Å². The monoisotopic (exact) mass is 474 g/mol. The van der Waals surface area contributed by atoms with E-state index in [2.05, 4.69) is 0 Å². The molecule has 1 amide bonds. The summed E-state index contributed by atoms with van der Waals surface area (Å²) >= 11 is 5.84. The van der Waals surface area contributed by atoms with Gasteiger partial charge in [-0.1, -0.05) is 29.3 Å². The number of sulfonamides is 1. The van der Waals surface area contributed by atoms with Gasteiger partial charge in [0.1, 0.15) is 10.8 Å². The summed E-state index contributed by atoms with van der Waals surface area (Å²) in [5.41, 5.74) is 0.190. The highest BCUT2D eigenvalue weighted by molar-refractivity contribution is 7.93.